The first-order valence-electron chi connectivity index (χ1n) is 9.78. The van der Waals surface area contributed by atoms with Gasteiger partial charge in [0, 0.05) is 29.7 Å². The molecule has 3 aromatic rings. The molecule has 0 bridgehead atoms. The van der Waals surface area contributed by atoms with E-state index in [-0.39, 0.29) is 11.9 Å². The zero-order chi connectivity index (χ0) is 20.6. The van der Waals surface area contributed by atoms with E-state index in [0.717, 1.165) is 22.1 Å². The number of carbonyl (C=O) groups excluding carboxylic acids is 1. The number of hydrogen-bond acceptors (Lipinski definition) is 4. The molecule has 0 saturated carbocycles. The van der Waals surface area contributed by atoms with Gasteiger partial charge in [-0.2, -0.15) is 0 Å². The van der Waals surface area contributed by atoms with Crippen LogP contribution in [0.1, 0.15) is 29.8 Å². The summed E-state index contributed by atoms with van der Waals surface area (Å²) in [6.07, 6.45) is 0. The molecule has 0 radical (unpaired) electrons. The molecule has 1 unspecified atom stereocenters. The molecular formula is C24H27NO4. The highest BCUT2D eigenvalue weighted by Crippen LogP contribution is 2.28. The number of benzene rings is 3. The lowest BCUT2D eigenvalue weighted by atomic mass is 10.1. The van der Waals surface area contributed by atoms with Gasteiger partial charge in [0.2, 0.25) is 0 Å². The van der Waals surface area contributed by atoms with Gasteiger partial charge in [0.1, 0.15) is 18.1 Å². The molecule has 3 rings (SSSR count). The Morgan fingerprint density at radius 2 is 1.79 bits per heavy atom. The van der Waals surface area contributed by atoms with Crippen LogP contribution < -0.4 is 14.8 Å². The smallest absolute Gasteiger partial charge is 0.251 e. The van der Waals surface area contributed by atoms with Crippen molar-refractivity contribution in [3.8, 4) is 11.5 Å². The fraction of sp³-hybridized carbons (Fsp3) is 0.292. The predicted molar refractivity (Wildman–Crippen MR) is 115 cm³/mol. The minimum atomic E-state index is -0.149. The van der Waals surface area contributed by atoms with E-state index in [1.54, 1.807) is 13.2 Å². The van der Waals surface area contributed by atoms with Gasteiger partial charge >= 0.3 is 0 Å². The predicted octanol–water partition coefficient (Wildman–Crippen LogP) is 4.58. The monoisotopic (exact) mass is 393 g/mol. The van der Waals surface area contributed by atoms with Crippen molar-refractivity contribution in [2.24, 2.45) is 0 Å². The minimum Gasteiger partial charge on any atom is -0.493 e. The van der Waals surface area contributed by atoms with Crippen LogP contribution in [0.2, 0.25) is 0 Å². The highest BCUT2D eigenvalue weighted by Gasteiger charge is 2.14. The molecule has 0 aliphatic heterocycles. The van der Waals surface area contributed by atoms with Gasteiger partial charge in [-0.1, -0.05) is 36.4 Å². The summed E-state index contributed by atoms with van der Waals surface area (Å²) in [5, 5.41) is 5.10. The van der Waals surface area contributed by atoms with Crippen molar-refractivity contribution >= 4 is 16.7 Å². The van der Waals surface area contributed by atoms with Gasteiger partial charge in [0.15, 0.2) is 0 Å². The van der Waals surface area contributed by atoms with E-state index in [4.69, 9.17) is 14.2 Å². The summed E-state index contributed by atoms with van der Waals surface area (Å²) in [5.41, 5.74) is 1.39. The summed E-state index contributed by atoms with van der Waals surface area (Å²) in [4.78, 5) is 12.6. The molecule has 0 spiro atoms. The molecule has 0 aromatic heterocycles. The van der Waals surface area contributed by atoms with E-state index >= 15 is 0 Å². The number of amides is 1. The van der Waals surface area contributed by atoms with E-state index in [2.05, 4.69) is 17.4 Å². The average Bonchev–Trinajstić information content (AvgIpc) is 2.73. The van der Waals surface area contributed by atoms with Crippen LogP contribution in [0.3, 0.4) is 0 Å². The van der Waals surface area contributed by atoms with Gasteiger partial charge in [-0.05, 0) is 43.5 Å². The SMILES string of the molecule is CCOc1ccc(C(=O)NC(C)COC)cc1COc1cccc2ccccc12. The van der Waals surface area contributed by atoms with E-state index in [1.807, 2.05) is 56.3 Å². The molecule has 0 heterocycles. The van der Waals surface area contributed by atoms with Crippen LogP contribution in [0, 0.1) is 0 Å². The van der Waals surface area contributed by atoms with E-state index in [1.165, 1.54) is 0 Å². The van der Waals surface area contributed by atoms with Crippen molar-refractivity contribution in [2.45, 2.75) is 26.5 Å². The van der Waals surface area contributed by atoms with Crippen LogP contribution in [-0.2, 0) is 11.3 Å². The van der Waals surface area contributed by atoms with Crippen molar-refractivity contribution in [3.05, 3.63) is 71.8 Å². The molecule has 5 heteroatoms. The third-order valence-electron chi connectivity index (χ3n) is 4.55. The summed E-state index contributed by atoms with van der Waals surface area (Å²) in [6, 6.07) is 19.4. The lowest BCUT2D eigenvalue weighted by Gasteiger charge is -2.16. The topological polar surface area (TPSA) is 56.8 Å². The maximum atomic E-state index is 12.6. The third-order valence-corrected chi connectivity index (χ3v) is 4.55. The lowest BCUT2D eigenvalue weighted by molar-refractivity contribution is 0.0905. The Bertz CT molecular complexity index is 965. The molecule has 1 amide bonds. The Balaban J connectivity index is 1.81. The van der Waals surface area contributed by atoms with Crippen LogP contribution in [0.4, 0.5) is 0 Å². The van der Waals surface area contributed by atoms with E-state index in [0.29, 0.717) is 31.1 Å². The summed E-state index contributed by atoms with van der Waals surface area (Å²) < 4.78 is 16.9. The molecule has 3 aromatic carbocycles. The third kappa shape index (κ3) is 5.27. The van der Waals surface area contributed by atoms with Gasteiger partial charge in [0.25, 0.3) is 5.91 Å². The average molecular weight is 393 g/mol. The second-order valence-corrected chi connectivity index (χ2v) is 6.85. The number of methoxy groups -OCH3 is 1. The number of carbonyl (C=O) groups is 1. The minimum absolute atomic E-state index is 0.0746. The van der Waals surface area contributed by atoms with Crippen molar-refractivity contribution in [1.29, 1.82) is 0 Å². The quantitative estimate of drug-likeness (QED) is 0.578. The summed E-state index contributed by atoms with van der Waals surface area (Å²) in [6.45, 7) is 5.14. The summed E-state index contributed by atoms with van der Waals surface area (Å²) in [5.74, 6) is 1.37. The largest absolute Gasteiger partial charge is 0.493 e. The Morgan fingerprint density at radius 1 is 1.00 bits per heavy atom. The van der Waals surface area contributed by atoms with E-state index in [9.17, 15) is 4.79 Å². The molecule has 0 aliphatic carbocycles. The summed E-state index contributed by atoms with van der Waals surface area (Å²) in [7, 11) is 1.61. The Hall–Kier alpha value is -3.05. The number of ether oxygens (including phenoxy) is 3. The van der Waals surface area contributed by atoms with E-state index < -0.39 is 0 Å². The molecule has 1 atom stereocenters. The van der Waals surface area contributed by atoms with Gasteiger partial charge in [-0.15, -0.1) is 0 Å². The van der Waals surface area contributed by atoms with Crippen LogP contribution in [0.15, 0.2) is 60.7 Å². The molecule has 152 valence electrons. The van der Waals surface area contributed by atoms with Crippen LogP contribution in [0.25, 0.3) is 10.8 Å². The lowest BCUT2D eigenvalue weighted by Crippen LogP contribution is -2.35. The van der Waals surface area contributed by atoms with Crippen molar-refractivity contribution in [1.82, 2.24) is 5.32 Å². The molecule has 1 N–H and O–H groups in total. The second-order valence-electron chi connectivity index (χ2n) is 6.85. The molecule has 0 fully saturated rings. The molecule has 29 heavy (non-hydrogen) atoms. The van der Waals surface area contributed by atoms with Crippen molar-refractivity contribution in [3.63, 3.8) is 0 Å². The Morgan fingerprint density at radius 3 is 2.59 bits per heavy atom. The number of fused-ring (bicyclic) bond motifs is 1. The van der Waals surface area contributed by atoms with Gasteiger partial charge in [-0.3, -0.25) is 4.79 Å². The van der Waals surface area contributed by atoms with Crippen LogP contribution >= 0.6 is 0 Å². The number of hydrogen-bond donors (Lipinski definition) is 1. The first-order chi connectivity index (χ1) is 14.1. The molecular weight excluding hydrogens is 366 g/mol. The second kappa shape index (κ2) is 9.94. The molecule has 5 nitrogen and oxygen atoms in total. The normalized spacial score (nSPS) is 11.8. The highest BCUT2D eigenvalue weighted by atomic mass is 16.5. The van der Waals surface area contributed by atoms with Crippen LogP contribution in [0.5, 0.6) is 11.5 Å². The standard InChI is InChI=1S/C24H27NO4/c1-4-28-22-13-12-19(24(26)25-17(2)15-27-3)14-20(22)16-29-23-11-7-9-18-8-5-6-10-21(18)23/h5-14,17H,4,15-16H2,1-3H3,(H,25,26). The number of rotatable bonds is 9. The van der Waals surface area contributed by atoms with Crippen molar-refractivity contribution < 1.29 is 19.0 Å². The Kier molecular flexibility index (Phi) is 7.09. The zero-order valence-electron chi connectivity index (χ0n) is 17.1. The first-order valence-corrected chi connectivity index (χ1v) is 9.78. The maximum absolute atomic E-state index is 12.6. The Labute approximate surface area is 171 Å². The fourth-order valence-electron chi connectivity index (χ4n) is 3.21. The summed E-state index contributed by atoms with van der Waals surface area (Å²) >= 11 is 0. The van der Waals surface area contributed by atoms with Gasteiger partial charge < -0.3 is 19.5 Å². The molecule has 0 saturated heterocycles. The van der Waals surface area contributed by atoms with Crippen LogP contribution in [-0.4, -0.2) is 32.3 Å². The number of nitrogens with one attached hydrogen (secondary N) is 1. The highest BCUT2D eigenvalue weighted by molar-refractivity contribution is 5.94. The zero-order valence-corrected chi connectivity index (χ0v) is 17.1. The van der Waals surface area contributed by atoms with Gasteiger partial charge in [0.05, 0.1) is 13.2 Å². The first kappa shape index (κ1) is 20.7. The van der Waals surface area contributed by atoms with Crippen molar-refractivity contribution in [2.75, 3.05) is 20.3 Å². The fourth-order valence-corrected chi connectivity index (χ4v) is 3.21. The maximum Gasteiger partial charge on any atom is 0.251 e. The molecule has 0 aliphatic rings. The van der Waals surface area contributed by atoms with Gasteiger partial charge in [-0.25, -0.2) is 0 Å².